The Hall–Kier alpha value is -0.530. The zero-order valence-electron chi connectivity index (χ0n) is 16.1. The van der Waals surface area contributed by atoms with Crippen molar-refractivity contribution < 1.29 is 9.53 Å². The fourth-order valence-electron chi connectivity index (χ4n) is 5.82. The number of carbonyl (C=O) groups is 1. The minimum Gasteiger partial charge on any atom is -0.458 e. The number of ether oxygens (including phenoxy) is 1. The number of hydrogen-bond acceptors (Lipinski definition) is 2. The Kier molecular flexibility index (Phi) is 4.13. The Bertz CT molecular complexity index is 446. The van der Waals surface area contributed by atoms with E-state index in [2.05, 4.69) is 41.5 Å². The van der Waals surface area contributed by atoms with E-state index < -0.39 is 5.41 Å². The molecule has 4 aliphatic carbocycles. The normalized spacial score (nSPS) is 39.6. The Labute approximate surface area is 142 Å². The molecule has 2 nitrogen and oxygen atoms in total. The first-order valence-electron chi connectivity index (χ1n) is 9.89. The third-order valence-corrected chi connectivity index (χ3v) is 8.44. The Morgan fingerprint density at radius 3 is 1.83 bits per heavy atom. The lowest BCUT2D eigenvalue weighted by Crippen LogP contribution is -2.60. The maximum atomic E-state index is 13.2. The van der Waals surface area contributed by atoms with Gasteiger partial charge in [-0.1, -0.05) is 27.7 Å². The third-order valence-electron chi connectivity index (χ3n) is 8.44. The summed E-state index contributed by atoms with van der Waals surface area (Å²) in [5.74, 6) is 3.10. The first-order chi connectivity index (χ1) is 10.7. The fourth-order valence-corrected chi connectivity index (χ4v) is 5.82. The standard InChI is InChI=1S/C21H36O2/c1-7-19(3,4)20(5,6)18(22)23-21(8-2)16-10-14-9-15(12-16)13-17(21)11-14/h14-17H,7-13H2,1-6H3. The molecule has 0 saturated heterocycles. The lowest BCUT2D eigenvalue weighted by Gasteiger charge is -2.60. The molecule has 0 unspecified atom stereocenters. The first kappa shape index (κ1) is 17.3. The van der Waals surface area contributed by atoms with Crippen LogP contribution in [0.4, 0.5) is 0 Å². The van der Waals surface area contributed by atoms with Gasteiger partial charge >= 0.3 is 5.97 Å². The monoisotopic (exact) mass is 320 g/mol. The van der Waals surface area contributed by atoms with Crippen LogP contribution in [0.15, 0.2) is 0 Å². The number of rotatable bonds is 5. The minimum atomic E-state index is -0.432. The predicted octanol–water partition coefficient (Wildman–Crippen LogP) is 5.60. The third kappa shape index (κ3) is 2.46. The lowest BCUT2D eigenvalue weighted by molar-refractivity contribution is -0.222. The summed E-state index contributed by atoms with van der Waals surface area (Å²) in [6.45, 7) is 13.0. The highest BCUT2D eigenvalue weighted by Gasteiger charge is 2.59. The van der Waals surface area contributed by atoms with Gasteiger partial charge in [0, 0.05) is 0 Å². The van der Waals surface area contributed by atoms with Crippen LogP contribution in [0.5, 0.6) is 0 Å². The second-order valence-electron chi connectivity index (χ2n) is 9.86. The van der Waals surface area contributed by atoms with Crippen molar-refractivity contribution in [1.82, 2.24) is 0 Å². The van der Waals surface area contributed by atoms with Crippen molar-refractivity contribution >= 4 is 5.97 Å². The molecule has 4 fully saturated rings. The van der Waals surface area contributed by atoms with Crippen molar-refractivity contribution in [3.05, 3.63) is 0 Å². The summed E-state index contributed by atoms with van der Waals surface area (Å²) < 4.78 is 6.48. The van der Waals surface area contributed by atoms with E-state index in [1.54, 1.807) is 0 Å². The smallest absolute Gasteiger partial charge is 0.312 e. The van der Waals surface area contributed by atoms with Crippen LogP contribution < -0.4 is 0 Å². The summed E-state index contributed by atoms with van der Waals surface area (Å²) in [6.07, 6.45) is 8.62. The molecule has 0 radical (unpaired) electrons. The van der Waals surface area contributed by atoms with Crippen molar-refractivity contribution in [2.24, 2.45) is 34.5 Å². The van der Waals surface area contributed by atoms with E-state index in [1.165, 1.54) is 32.1 Å². The molecule has 4 rings (SSSR count). The van der Waals surface area contributed by atoms with Crippen LogP contribution in [0.1, 0.15) is 86.5 Å². The zero-order valence-corrected chi connectivity index (χ0v) is 16.1. The average molecular weight is 321 g/mol. The van der Waals surface area contributed by atoms with Crippen LogP contribution in [0, 0.1) is 34.5 Å². The van der Waals surface area contributed by atoms with Crippen LogP contribution in [-0.4, -0.2) is 11.6 Å². The van der Waals surface area contributed by atoms with Gasteiger partial charge in [-0.25, -0.2) is 0 Å². The van der Waals surface area contributed by atoms with Gasteiger partial charge in [-0.15, -0.1) is 0 Å². The largest absolute Gasteiger partial charge is 0.458 e. The summed E-state index contributed by atoms with van der Waals surface area (Å²) in [4.78, 5) is 13.2. The molecule has 0 heterocycles. The van der Waals surface area contributed by atoms with E-state index in [0.717, 1.165) is 24.7 Å². The van der Waals surface area contributed by atoms with Crippen molar-refractivity contribution in [2.45, 2.75) is 92.1 Å². The fraction of sp³-hybridized carbons (Fsp3) is 0.952. The Morgan fingerprint density at radius 2 is 1.43 bits per heavy atom. The average Bonchev–Trinajstić information content (AvgIpc) is 2.49. The Balaban J connectivity index is 1.84. The molecule has 132 valence electrons. The van der Waals surface area contributed by atoms with Crippen molar-refractivity contribution in [3.63, 3.8) is 0 Å². The molecule has 0 spiro atoms. The highest BCUT2D eigenvalue weighted by Crippen LogP contribution is 2.61. The molecule has 0 aromatic rings. The molecule has 0 atom stereocenters. The molecule has 2 heteroatoms. The van der Waals surface area contributed by atoms with Gasteiger partial charge in [-0.3, -0.25) is 4.79 Å². The van der Waals surface area contributed by atoms with Crippen LogP contribution in [0.3, 0.4) is 0 Å². The number of esters is 1. The SMILES string of the molecule is CCC1(OC(=O)C(C)(C)C(C)(C)CC)C2CC3CC(C2)CC1C3. The van der Waals surface area contributed by atoms with Crippen molar-refractivity contribution in [3.8, 4) is 0 Å². The molecule has 4 aliphatic rings. The molecule has 4 bridgehead atoms. The summed E-state index contributed by atoms with van der Waals surface area (Å²) in [6, 6.07) is 0. The van der Waals surface area contributed by atoms with Crippen LogP contribution in [0.25, 0.3) is 0 Å². The summed E-state index contributed by atoms with van der Waals surface area (Å²) in [7, 11) is 0. The predicted molar refractivity (Wildman–Crippen MR) is 94.0 cm³/mol. The number of hydrogen-bond donors (Lipinski definition) is 0. The van der Waals surface area contributed by atoms with Crippen molar-refractivity contribution in [1.29, 1.82) is 0 Å². The number of carbonyl (C=O) groups excluding carboxylic acids is 1. The molecule has 4 saturated carbocycles. The van der Waals surface area contributed by atoms with Crippen molar-refractivity contribution in [2.75, 3.05) is 0 Å². The van der Waals surface area contributed by atoms with Gasteiger partial charge in [-0.2, -0.15) is 0 Å². The Morgan fingerprint density at radius 1 is 0.957 bits per heavy atom. The summed E-state index contributed by atoms with van der Waals surface area (Å²) in [5, 5.41) is 0. The molecular weight excluding hydrogens is 284 g/mol. The van der Waals surface area contributed by atoms with E-state index in [9.17, 15) is 4.79 Å². The quantitative estimate of drug-likeness (QED) is 0.617. The van der Waals surface area contributed by atoms with E-state index in [4.69, 9.17) is 4.74 Å². The van der Waals surface area contributed by atoms with Gasteiger partial charge in [0.1, 0.15) is 5.60 Å². The maximum absolute atomic E-state index is 13.2. The van der Waals surface area contributed by atoms with Gasteiger partial charge in [0.2, 0.25) is 0 Å². The van der Waals surface area contributed by atoms with Crippen LogP contribution in [-0.2, 0) is 9.53 Å². The van der Waals surface area contributed by atoms with Gasteiger partial charge < -0.3 is 4.74 Å². The minimum absolute atomic E-state index is 0.0368. The van der Waals surface area contributed by atoms with Crippen LogP contribution in [0.2, 0.25) is 0 Å². The maximum Gasteiger partial charge on any atom is 0.312 e. The van der Waals surface area contributed by atoms with Gasteiger partial charge in [0.05, 0.1) is 5.41 Å². The topological polar surface area (TPSA) is 26.3 Å². The summed E-state index contributed by atoms with van der Waals surface area (Å²) in [5.41, 5.74) is -0.630. The molecule has 0 aliphatic heterocycles. The van der Waals surface area contributed by atoms with E-state index in [0.29, 0.717) is 11.8 Å². The molecular formula is C21H36O2. The molecule has 23 heavy (non-hydrogen) atoms. The van der Waals surface area contributed by atoms with E-state index >= 15 is 0 Å². The summed E-state index contributed by atoms with van der Waals surface area (Å²) >= 11 is 0. The van der Waals surface area contributed by atoms with Gasteiger partial charge in [0.15, 0.2) is 0 Å². The molecule has 0 amide bonds. The molecule has 0 N–H and O–H groups in total. The second kappa shape index (κ2) is 5.49. The van der Waals surface area contributed by atoms with E-state index in [-0.39, 0.29) is 17.0 Å². The highest BCUT2D eigenvalue weighted by atomic mass is 16.6. The van der Waals surface area contributed by atoms with E-state index in [1.807, 2.05) is 0 Å². The highest BCUT2D eigenvalue weighted by molar-refractivity contribution is 5.77. The van der Waals surface area contributed by atoms with Crippen LogP contribution >= 0.6 is 0 Å². The van der Waals surface area contributed by atoms with Gasteiger partial charge in [0.25, 0.3) is 0 Å². The first-order valence-corrected chi connectivity index (χ1v) is 9.89. The lowest BCUT2D eigenvalue weighted by atomic mass is 9.49. The second-order valence-corrected chi connectivity index (χ2v) is 9.86. The molecule has 0 aromatic heterocycles. The van der Waals surface area contributed by atoms with Gasteiger partial charge in [-0.05, 0) is 87.9 Å². The zero-order chi connectivity index (χ0) is 17.0. The molecule has 0 aromatic carbocycles.